The third-order valence-electron chi connectivity index (χ3n) is 4.07. The average molecular weight is 205 g/mol. The number of hydrogen-bond acceptors (Lipinski definition) is 0. The Labute approximate surface area is 93.5 Å². The van der Waals surface area contributed by atoms with Gasteiger partial charge in [-0.05, 0) is 51.7 Å². The van der Waals surface area contributed by atoms with E-state index in [1.54, 1.807) is 0 Å². The van der Waals surface area contributed by atoms with Gasteiger partial charge in [-0.2, -0.15) is 0 Å². The molecule has 1 aromatic heterocycles. The van der Waals surface area contributed by atoms with Crippen LogP contribution in [0.5, 0.6) is 0 Å². The Morgan fingerprint density at radius 3 is 2.13 bits per heavy atom. The minimum absolute atomic E-state index is 0.695. The van der Waals surface area contributed by atoms with Crippen molar-refractivity contribution in [2.24, 2.45) is 5.92 Å². The van der Waals surface area contributed by atoms with Crippen molar-refractivity contribution in [1.82, 2.24) is 4.57 Å². The summed E-state index contributed by atoms with van der Waals surface area (Å²) in [4.78, 5) is 0. The van der Waals surface area contributed by atoms with Crippen molar-refractivity contribution in [3.05, 3.63) is 23.5 Å². The molecular formula is C14H23N. The van der Waals surface area contributed by atoms with Crippen LogP contribution in [-0.4, -0.2) is 4.57 Å². The zero-order valence-corrected chi connectivity index (χ0v) is 10.3. The Hall–Kier alpha value is -0.720. The summed E-state index contributed by atoms with van der Waals surface area (Å²) < 4.78 is 2.52. The molecule has 0 amide bonds. The summed E-state index contributed by atoms with van der Waals surface area (Å²) in [6.07, 6.45) is 7.19. The molecule has 1 saturated carbocycles. The molecular weight excluding hydrogens is 182 g/mol. The predicted octanol–water partition coefficient (Wildman–Crippen LogP) is 4.25. The summed E-state index contributed by atoms with van der Waals surface area (Å²) in [5.74, 6) is 0.906. The van der Waals surface area contributed by atoms with Crippen LogP contribution in [0.3, 0.4) is 0 Å². The molecule has 1 aliphatic carbocycles. The van der Waals surface area contributed by atoms with E-state index in [1.165, 1.54) is 43.5 Å². The van der Waals surface area contributed by atoms with Gasteiger partial charge in [-0.1, -0.05) is 19.3 Å². The van der Waals surface area contributed by atoms with Crippen molar-refractivity contribution in [3.8, 4) is 0 Å². The second kappa shape index (κ2) is 4.42. The molecule has 0 aromatic carbocycles. The fraction of sp³-hybridized carbons (Fsp3) is 0.714. The summed E-state index contributed by atoms with van der Waals surface area (Å²) in [7, 11) is 0. The number of nitrogens with zero attached hydrogens (tertiary/aromatic N) is 1. The summed E-state index contributed by atoms with van der Waals surface area (Å²) in [5, 5.41) is 0. The standard InChI is InChI=1S/C14H23N/c1-11-9-10-12(2)15(11)13(3)14-7-5-4-6-8-14/h9-10,13-14H,4-8H2,1-3H3. The lowest BCUT2D eigenvalue weighted by Gasteiger charge is -2.30. The van der Waals surface area contributed by atoms with E-state index in [9.17, 15) is 0 Å². The number of hydrogen-bond donors (Lipinski definition) is 0. The fourth-order valence-electron chi connectivity index (χ4n) is 3.15. The lowest BCUT2D eigenvalue weighted by atomic mass is 9.84. The van der Waals surface area contributed by atoms with E-state index in [-0.39, 0.29) is 0 Å². The zero-order valence-electron chi connectivity index (χ0n) is 10.3. The van der Waals surface area contributed by atoms with Crippen molar-refractivity contribution in [2.45, 2.75) is 58.9 Å². The van der Waals surface area contributed by atoms with Gasteiger partial charge in [0.15, 0.2) is 0 Å². The summed E-state index contributed by atoms with van der Waals surface area (Å²) in [6.45, 7) is 6.86. The van der Waals surface area contributed by atoms with E-state index in [2.05, 4.69) is 37.5 Å². The van der Waals surface area contributed by atoms with E-state index in [0.29, 0.717) is 6.04 Å². The minimum Gasteiger partial charge on any atom is -0.346 e. The van der Waals surface area contributed by atoms with Crippen LogP contribution in [0.1, 0.15) is 56.5 Å². The highest BCUT2D eigenvalue weighted by Crippen LogP contribution is 2.34. The topological polar surface area (TPSA) is 4.93 Å². The summed E-state index contributed by atoms with van der Waals surface area (Å²) in [5.41, 5.74) is 2.84. The second-order valence-corrected chi connectivity index (χ2v) is 5.12. The first-order chi connectivity index (χ1) is 7.20. The Kier molecular flexibility index (Phi) is 3.18. The monoisotopic (exact) mass is 205 g/mol. The van der Waals surface area contributed by atoms with E-state index < -0.39 is 0 Å². The molecule has 1 nitrogen and oxygen atoms in total. The second-order valence-electron chi connectivity index (χ2n) is 5.12. The highest BCUT2D eigenvalue weighted by Gasteiger charge is 2.22. The van der Waals surface area contributed by atoms with E-state index in [1.807, 2.05) is 0 Å². The Morgan fingerprint density at radius 2 is 1.60 bits per heavy atom. The smallest absolute Gasteiger partial charge is 0.0335 e. The molecule has 1 aliphatic rings. The van der Waals surface area contributed by atoms with Crippen LogP contribution in [0.2, 0.25) is 0 Å². The van der Waals surface area contributed by atoms with Gasteiger partial charge in [-0.3, -0.25) is 0 Å². The van der Waals surface area contributed by atoms with E-state index in [0.717, 1.165) is 5.92 Å². The van der Waals surface area contributed by atoms with Gasteiger partial charge in [0, 0.05) is 17.4 Å². The number of aryl methyl sites for hydroxylation is 2. The first kappa shape index (κ1) is 10.8. The van der Waals surface area contributed by atoms with Crippen molar-refractivity contribution in [1.29, 1.82) is 0 Å². The van der Waals surface area contributed by atoms with Crippen LogP contribution >= 0.6 is 0 Å². The average Bonchev–Trinajstić information content (AvgIpc) is 2.59. The quantitative estimate of drug-likeness (QED) is 0.680. The van der Waals surface area contributed by atoms with Gasteiger partial charge in [-0.25, -0.2) is 0 Å². The molecule has 0 N–H and O–H groups in total. The zero-order chi connectivity index (χ0) is 10.8. The number of rotatable bonds is 2. The molecule has 84 valence electrons. The van der Waals surface area contributed by atoms with Crippen LogP contribution in [0.4, 0.5) is 0 Å². The molecule has 0 spiro atoms. The Morgan fingerprint density at radius 1 is 1.07 bits per heavy atom. The van der Waals surface area contributed by atoms with Gasteiger partial charge in [0.25, 0.3) is 0 Å². The highest BCUT2D eigenvalue weighted by atomic mass is 15.0. The van der Waals surface area contributed by atoms with E-state index >= 15 is 0 Å². The van der Waals surface area contributed by atoms with E-state index in [4.69, 9.17) is 0 Å². The molecule has 1 fully saturated rings. The highest BCUT2D eigenvalue weighted by molar-refractivity contribution is 5.15. The van der Waals surface area contributed by atoms with Crippen LogP contribution < -0.4 is 0 Å². The van der Waals surface area contributed by atoms with Gasteiger partial charge < -0.3 is 4.57 Å². The molecule has 0 bridgehead atoms. The molecule has 0 aliphatic heterocycles. The van der Waals surface area contributed by atoms with Crippen molar-refractivity contribution >= 4 is 0 Å². The Balaban J connectivity index is 2.15. The normalized spacial score (nSPS) is 20.5. The predicted molar refractivity (Wildman–Crippen MR) is 65.2 cm³/mol. The van der Waals surface area contributed by atoms with Gasteiger partial charge in [0.1, 0.15) is 0 Å². The lowest BCUT2D eigenvalue weighted by Crippen LogP contribution is -2.20. The molecule has 1 unspecified atom stereocenters. The first-order valence-corrected chi connectivity index (χ1v) is 6.34. The maximum Gasteiger partial charge on any atom is 0.0335 e. The van der Waals surface area contributed by atoms with Crippen molar-refractivity contribution < 1.29 is 0 Å². The minimum atomic E-state index is 0.695. The molecule has 1 heteroatoms. The maximum absolute atomic E-state index is 2.52. The van der Waals surface area contributed by atoms with Gasteiger partial charge in [0.2, 0.25) is 0 Å². The molecule has 15 heavy (non-hydrogen) atoms. The van der Waals surface area contributed by atoms with Crippen LogP contribution in [-0.2, 0) is 0 Å². The van der Waals surface area contributed by atoms with Crippen molar-refractivity contribution in [3.63, 3.8) is 0 Å². The molecule has 1 heterocycles. The fourth-order valence-corrected chi connectivity index (χ4v) is 3.15. The van der Waals surface area contributed by atoms with Gasteiger partial charge in [-0.15, -0.1) is 0 Å². The molecule has 2 rings (SSSR count). The first-order valence-electron chi connectivity index (χ1n) is 6.34. The SMILES string of the molecule is Cc1ccc(C)n1C(C)C1CCCCC1. The Bertz CT molecular complexity index is 299. The maximum atomic E-state index is 2.52. The summed E-state index contributed by atoms with van der Waals surface area (Å²) >= 11 is 0. The largest absolute Gasteiger partial charge is 0.346 e. The van der Waals surface area contributed by atoms with Crippen LogP contribution in [0.15, 0.2) is 12.1 Å². The lowest BCUT2D eigenvalue weighted by molar-refractivity contribution is 0.260. The van der Waals surface area contributed by atoms with Crippen molar-refractivity contribution in [2.75, 3.05) is 0 Å². The molecule has 1 aromatic rings. The third kappa shape index (κ3) is 2.11. The number of aromatic nitrogens is 1. The molecule has 1 atom stereocenters. The summed E-state index contributed by atoms with van der Waals surface area (Å²) in [6, 6.07) is 5.18. The van der Waals surface area contributed by atoms with Crippen LogP contribution in [0, 0.1) is 19.8 Å². The molecule has 0 radical (unpaired) electrons. The van der Waals surface area contributed by atoms with Gasteiger partial charge >= 0.3 is 0 Å². The third-order valence-corrected chi connectivity index (χ3v) is 4.07. The van der Waals surface area contributed by atoms with Crippen LogP contribution in [0.25, 0.3) is 0 Å². The molecule has 0 saturated heterocycles. The van der Waals surface area contributed by atoms with Gasteiger partial charge in [0.05, 0.1) is 0 Å².